The summed E-state index contributed by atoms with van der Waals surface area (Å²) in [6.07, 6.45) is 0.808. The van der Waals surface area contributed by atoms with Crippen molar-refractivity contribution in [2.75, 3.05) is 20.2 Å². The van der Waals surface area contributed by atoms with Crippen LogP contribution in [0.4, 0.5) is 8.78 Å². The van der Waals surface area contributed by atoms with Crippen LogP contribution in [0.15, 0.2) is 47.5 Å². The summed E-state index contributed by atoms with van der Waals surface area (Å²) in [7, 11) is 1.64. The fourth-order valence-electron chi connectivity index (χ4n) is 2.29. The van der Waals surface area contributed by atoms with E-state index in [9.17, 15) is 8.78 Å². The third-order valence-corrected chi connectivity index (χ3v) is 3.62. The zero-order chi connectivity index (χ0) is 18.1. The molecular formula is C19H23F2N3O. The highest BCUT2D eigenvalue weighted by Gasteiger charge is 2.04. The van der Waals surface area contributed by atoms with Gasteiger partial charge in [0.2, 0.25) is 0 Å². The molecule has 4 nitrogen and oxygen atoms in total. The van der Waals surface area contributed by atoms with Gasteiger partial charge in [0.25, 0.3) is 0 Å². The molecule has 0 aliphatic heterocycles. The van der Waals surface area contributed by atoms with Crippen LogP contribution in [0.1, 0.15) is 18.1 Å². The molecule has 0 amide bonds. The Balaban J connectivity index is 1.91. The summed E-state index contributed by atoms with van der Waals surface area (Å²) >= 11 is 0. The van der Waals surface area contributed by atoms with E-state index in [1.165, 1.54) is 11.6 Å². The van der Waals surface area contributed by atoms with Crippen LogP contribution < -0.4 is 15.4 Å². The molecule has 0 unspecified atom stereocenters. The summed E-state index contributed by atoms with van der Waals surface area (Å²) in [6, 6.07) is 11.2. The average Bonchev–Trinajstić information content (AvgIpc) is 2.63. The second-order valence-corrected chi connectivity index (χ2v) is 5.46. The lowest BCUT2D eigenvalue weighted by Gasteiger charge is -2.12. The molecule has 134 valence electrons. The van der Waals surface area contributed by atoms with Gasteiger partial charge >= 0.3 is 0 Å². The first-order chi connectivity index (χ1) is 12.1. The predicted molar refractivity (Wildman–Crippen MR) is 95.9 cm³/mol. The molecular weight excluding hydrogens is 324 g/mol. The van der Waals surface area contributed by atoms with Crippen LogP contribution in [0, 0.1) is 11.6 Å². The van der Waals surface area contributed by atoms with Gasteiger partial charge in [0, 0.05) is 18.7 Å². The summed E-state index contributed by atoms with van der Waals surface area (Å²) in [5.41, 5.74) is 1.40. The number of benzene rings is 2. The molecule has 0 fully saturated rings. The summed E-state index contributed by atoms with van der Waals surface area (Å²) < 4.78 is 32.0. The summed E-state index contributed by atoms with van der Waals surface area (Å²) in [5.74, 6) is 0.465. The highest BCUT2D eigenvalue weighted by Crippen LogP contribution is 2.12. The van der Waals surface area contributed by atoms with Crippen molar-refractivity contribution < 1.29 is 13.5 Å². The highest BCUT2D eigenvalue weighted by molar-refractivity contribution is 5.79. The third-order valence-electron chi connectivity index (χ3n) is 3.62. The van der Waals surface area contributed by atoms with E-state index in [1.54, 1.807) is 7.11 Å². The van der Waals surface area contributed by atoms with Gasteiger partial charge < -0.3 is 15.4 Å². The number of methoxy groups -OCH3 is 1. The molecule has 25 heavy (non-hydrogen) atoms. The largest absolute Gasteiger partial charge is 0.497 e. The Morgan fingerprint density at radius 1 is 1.08 bits per heavy atom. The molecule has 2 aromatic rings. The number of ether oxygens (including phenoxy) is 1. The fourth-order valence-corrected chi connectivity index (χ4v) is 2.29. The van der Waals surface area contributed by atoms with Crippen LogP contribution in [0.25, 0.3) is 0 Å². The number of hydrogen-bond donors (Lipinski definition) is 2. The van der Waals surface area contributed by atoms with E-state index in [-0.39, 0.29) is 12.1 Å². The van der Waals surface area contributed by atoms with Gasteiger partial charge in [-0.05, 0) is 49.2 Å². The van der Waals surface area contributed by atoms with Crippen LogP contribution in [-0.4, -0.2) is 26.2 Å². The molecule has 0 aliphatic rings. The Labute approximate surface area is 146 Å². The van der Waals surface area contributed by atoms with Crippen molar-refractivity contribution in [3.8, 4) is 5.75 Å². The van der Waals surface area contributed by atoms with Crippen LogP contribution in [0.5, 0.6) is 5.75 Å². The molecule has 6 heteroatoms. The second-order valence-electron chi connectivity index (χ2n) is 5.46. The fraction of sp³-hybridized carbons (Fsp3) is 0.316. The van der Waals surface area contributed by atoms with Crippen LogP contribution in [-0.2, 0) is 13.0 Å². The predicted octanol–water partition coefficient (Wildman–Crippen LogP) is 3.27. The van der Waals surface area contributed by atoms with Gasteiger partial charge in [0.05, 0.1) is 13.7 Å². The minimum atomic E-state index is -0.468. The first-order valence-corrected chi connectivity index (χ1v) is 8.21. The van der Waals surface area contributed by atoms with E-state index in [4.69, 9.17) is 4.74 Å². The molecule has 0 saturated carbocycles. The molecule has 2 rings (SSSR count). The lowest BCUT2D eigenvalue weighted by Crippen LogP contribution is -2.38. The Morgan fingerprint density at radius 2 is 1.84 bits per heavy atom. The van der Waals surface area contributed by atoms with E-state index < -0.39 is 11.6 Å². The number of guanidine groups is 1. The number of aliphatic imine (C=N–C) groups is 1. The summed E-state index contributed by atoms with van der Waals surface area (Å²) in [5, 5.41) is 6.29. The van der Waals surface area contributed by atoms with Crippen molar-refractivity contribution in [3.05, 3.63) is 65.2 Å². The van der Waals surface area contributed by atoms with Crippen molar-refractivity contribution in [2.24, 2.45) is 4.99 Å². The smallest absolute Gasteiger partial charge is 0.191 e. The van der Waals surface area contributed by atoms with Crippen molar-refractivity contribution in [1.29, 1.82) is 0 Å². The van der Waals surface area contributed by atoms with Crippen LogP contribution in [0.3, 0.4) is 0 Å². The molecule has 0 atom stereocenters. The number of halogens is 2. The van der Waals surface area contributed by atoms with Gasteiger partial charge in [0.15, 0.2) is 5.96 Å². The number of nitrogens with zero attached hydrogens (tertiary/aromatic N) is 1. The Morgan fingerprint density at radius 3 is 2.52 bits per heavy atom. The van der Waals surface area contributed by atoms with Gasteiger partial charge in [-0.3, -0.25) is 0 Å². The molecule has 0 heterocycles. The highest BCUT2D eigenvalue weighted by atomic mass is 19.1. The van der Waals surface area contributed by atoms with Crippen LogP contribution >= 0.6 is 0 Å². The lowest BCUT2D eigenvalue weighted by atomic mass is 10.1. The molecule has 0 aliphatic carbocycles. The van der Waals surface area contributed by atoms with Gasteiger partial charge in [-0.15, -0.1) is 0 Å². The molecule has 0 spiro atoms. The molecule has 0 aromatic heterocycles. The van der Waals surface area contributed by atoms with E-state index in [1.807, 2.05) is 31.2 Å². The lowest BCUT2D eigenvalue weighted by molar-refractivity contribution is 0.414. The number of hydrogen-bond acceptors (Lipinski definition) is 2. The van der Waals surface area contributed by atoms with Gasteiger partial charge in [-0.25, -0.2) is 13.8 Å². The van der Waals surface area contributed by atoms with Gasteiger partial charge in [-0.1, -0.05) is 12.1 Å². The average molecular weight is 347 g/mol. The maximum Gasteiger partial charge on any atom is 0.191 e. The maximum atomic E-state index is 13.7. The molecule has 0 bridgehead atoms. The number of rotatable bonds is 7. The van der Waals surface area contributed by atoms with E-state index >= 15 is 0 Å². The van der Waals surface area contributed by atoms with Crippen molar-refractivity contribution >= 4 is 5.96 Å². The summed E-state index contributed by atoms with van der Waals surface area (Å²) in [4.78, 5) is 4.31. The maximum absolute atomic E-state index is 13.7. The summed E-state index contributed by atoms with van der Waals surface area (Å²) in [6.45, 7) is 3.37. The molecule has 0 saturated heterocycles. The zero-order valence-electron chi connectivity index (χ0n) is 14.5. The molecule has 2 N–H and O–H groups in total. The SMILES string of the molecule is CCNC(=NCc1cc(F)ccc1F)NCCc1ccc(OC)cc1. The number of nitrogens with one attached hydrogen (secondary N) is 2. The van der Waals surface area contributed by atoms with E-state index in [0.717, 1.165) is 24.3 Å². The van der Waals surface area contributed by atoms with Crippen molar-refractivity contribution in [3.63, 3.8) is 0 Å². The normalized spacial score (nSPS) is 11.3. The minimum Gasteiger partial charge on any atom is -0.497 e. The Kier molecular flexibility index (Phi) is 7.19. The van der Waals surface area contributed by atoms with Crippen LogP contribution in [0.2, 0.25) is 0 Å². The van der Waals surface area contributed by atoms with Gasteiger partial charge in [-0.2, -0.15) is 0 Å². The Hall–Kier alpha value is -2.63. The van der Waals surface area contributed by atoms with Gasteiger partial charge in [0.1, 0.15) is 17.4 Å². The van der Waals surface area contributed by atoms with Crippen molar-refractivity contribution in [1.82, 2.24) is 10.6 Å². The monoisotopic (exact) mass is 347 g/mol. The quantitative estimate of drug-likeness (QED) is 0.597. The first-order valence-electron chi connectivity index (χ1n) is 8.21. The third kappa shape index (κ3) is 6.06. The molecule has 0 radical (unpaired) electrons. The minimum absolute atomic E-state index is 0.0709. The van der Waals surface area contributed by atoms with E-state index in [0.29, 0.717) is 19.0 Å². The molecule has 2 aromatic carbocycles. The Bertz CT molecular complexity index is 702. The zero-order valence-corrected chi connectivity index (χ0v) is 14.5. The van der Waals surface area contributed by atoms with E-state index in [2.05, 4.69) is 15.6 Å². The van der Waals surface area contributed by atoms with Crippen molar-refractivity contribution in [2.45, 2.75) is 19.9 Å². The standard InChI is InChI=1S/C19H23F2N3O/c1-3-22-19(24-13-15-12-16(20)6-9-18(15)21)23-11-10-14-4-7-17(25-2)8-5-14/h4-9,12H,3,10-11,13H2,1-2H3,(H2,22,23,24). The topological polar surface area (TPSA) is 45.7 Å². The first kappa shape index (κ1) is 18.7. The second kappa shape index (κ2) is 9.61.